The van der Waals surface area contributed by atoms with Crippen LogP contribution in [0.1, 0.15) is 6.92 Å². The van der Waals surface area contributed by atoms with Crippen molar-refractivity contribution in [3.8, 4) is 0 Å². The van der Waals surface area contributed by atoms with Gasteiger partial charge in [-0.3, -0.25) is 4.79 Å². The molecule has 84 valence electrons. The van der Waals surface area contributed by atoms with Gasteiger partial charge in [0.2, 0.25) is 0 Å². The highest BCUT2D eigenvalue weighted by Gasteiger charge is 2.91. The molecule has 0 amide bonds. The minimum Gasteiger partial charge on any atom is -0.294 e. The van der Waals surface area contributed by atoms with Crippen LogP contribution in [0.15, 0.2) is 36.0 Å². The van der Waals surface area contributed by atoms with Crippen LogP contribution in [0.2, 0.25) is 0 Å². The normalized spacial score (nSPS) is 69.9. The number of carbonyl (C=O) groups excluding carboxylic acids is 1. The molecule has 0 aromatic heterocycles. The summed E-state index contributed by atoms with van der Waals surface area (Å²) in [6.45, 7) is 2.22. The van der Waals surface area contributed by atoms with Gasteiger partial charge < -0.3 is 0 Å². The van der Waals surface area contributed by atoms with E-state index in [-0.39, 0.29) is 10.8 Å². The third-order valence-electron chi connectivity index (χ3n) is 7.35. The maximum atomic E-state index is 12.7. The Morgan fingerprint density at radius 3 is 1.82 bits per heavy atom. The van der Waals surface area contributed by atoms with Gasteiger partial charge in [0.25, 0.3) is 0 Å². The predicted octanol–water partition coefficient (Wildman–Crippen LogP) is 2.37. The Kier molecular flexibility index (Phi) is 0.857. The fourth-order valence-electron chi connectivity index (χ4n) is 7.59. The van der Waals surface area contributed by atoms with E-state index in [1.54, 1.807) is 0 Å². The fraction of sp³-hybridized carbons (Fsp3) is 0.562. The van der Waals surface area contributed by atoms with Crippen LogP contribution in [0.25, 0.3) is 0 Å². The molecule has 0 aromatic rings. The van der Waals surface area contributed by atoms with Crippen LogP contribution in [0.5, 0.6) is 0 Å². The van der Waals surface area contributed by atoms with Crippen molar-refractivity contribution in [1.82, 2.24) is 0 Å². The average molecular weight is 222 g/mol. The summed E-state index contributed by atoms with van der Waals surface area (Å²) in [4.78, 5) is 12.7. The van der Waals surface area contributed by atoms with E-state index in [0.717, 1.165) is 11.8 Å². The summed E-state index contributed by atoms with van der Waals surface area (Å²) in [5, 5.41) is 0. The van der Waals surface area contributed by atoms with Crippen LogP contribution in [-0.2, 0) is 4.79 Å². The Bertz CT molecular complexity index is 573. The van der Waals surface area contributed by atoms with E-state index in [1.165, 1.54) is 5.57 Å². The van der Waals surface area contributed by atoms with Crippen molar-refractivity contribution >= 4 is 5.78 Å². The molecule has 0 unspecified atom stereocenters. The highest BCUT2D eigenvalue weighted by molar-refractivity contribution is 6.03. The van der Waals surface area contributed by atoms with Crippen LogP contribution in [-0.4, -0.2) is 5.78 Å². The summed E-state index contributed by atoms with van der Waals surface area (Å²) < 4.78 is 0. The topological polar surface area (TPSA) is 17.1 Å². The Morgan fingerprint density at radius 2 is 1.35 bits per heavy atom. The largest absolute Gasteiger partial charge is 0.294 e. The molecule has 2 spiro atoms. The van der Waals surface area contributed by atoms with Gasteiger partial charge in [0.1, 0.15) is 0 Å². The van der Waals surface area contributed by atoms with Crippen molar-refractivity contribution in [2.24, 2.45) is 46.3 Å². The van der Waals surface area contributed by atoms with Gasteiger partial charge in [-0.2, -0.15) is 0 Å². The van der Waals surface area contributed by atoms with Crippen molar-refractivity contribution in [3.63, 3.8) is 0 Å². The third kappa shape index (κ3) is 0.408. The summed E-state index contributed by atoms with van der Waals surface area (Å²) in [6, 6.07) is 0. The summed E-state index contributed by atoms with van der Waals surface area (Å²) >= 11 is 0. The standard InChI is InChI=1S/C16H14O/c1-7-6-12(17)16-10-4-2-8-13(10)14-9(15(7,8)16)3-5-11(14)16/h2-6,8-11,13-14H,1H3/t8-,9-,10+,11+,13+,14+,15?,16?/m0/s1. The van der Waals surface area contributed by atoms with E-state index in [0.29, 0.717) is 29.5 Å². The molecule has 4 saturated carbocycles. The Labute approximate surface area is 100 Å². The zero-order valence-electron chi connectivity index (χ0n) is 9.76. The van der Waals surface area contributed by atoms with Gasteiger partial charge in [0.05, 0.1) is 5.41 Å². The number of allylic oxidation sites excluding steroid dienone is 6. The molecule has 7 aliphatic carbocycles. The quantitative estimate of drug-likeness (QED) is 0.575. The van der Waals surface area contributed by atoms with Crippen molar-refractivity contribution in [1.29, 1.82) is 0 Å². The molecule has 8 bridgehead atoms. The van der Waals surface area contributed by atoms with Crippen LogP contribution < -0.4 is 0 Å². The first-order valence-corrected chi connectivity index (χ1v) is 6.85. The summed E-state index contributed by atoms with van der Waals surface area (Å²) in [7, 11) is 0. The van der Waals surface area contributed by atoms with E-state index < -0.39 is 0 Å². The molecule has 0 radical (unpaired) electrons. The van der Waals surface area contributed by atoms with Gasteiger partial charge in [-0.15, -0.1) is 0 Å². The lowest BCUT2D eigenvalue weighted by atomic mass is 9.53. The van der Waals surface area contributed by atoms with E-state index in [4.69, 9.17) is 0 Å². The molecular formula is C16H14O. The van der Waals surface area contributed by atoms with Gasteiger partial charge in [-0.25, -0.2) is 0 Å². The van der Waals surface area contributed by atoms with Crippen LogP contribution in [0.3, 0.4) is 0 Å². The second-order valence-electron chi connectivity index (χ2n) is 6.96. The van der Waals surface area contributed by atoms with Crippen molar-refractivity contribution in [2.75, 3.05) is 0 Å². The first-order chi connectivity index (χ1) is 8.25. The molecule has 1 nitrogen and oxygen atoms in total. The first kappa shape index (κ1) is 8.07. The average Bonchev–Trinajstić information content (AvgIpc) is 3.06. The monoisotopic (exact) mass is 222 g/mol. The molecule has 0 aromatic carbocycles. The Hall–Kier alpha value is -1.11. The highest BCUT2D eigenvalue weighted by atomic mass is 16.1. The maximum Gasteiger partial charge on any atom is 0.163 e. The molecule has 0 aliphatic heterocycles. The van der Waals surface area contributed by atoms with Gasteiger partial charge >= 0.3 is 0 Å². The molecule has 0 heterocycles. The summed E-state index contributed by atoms with van der Waals surface area (Å²) in [6.07, 6.45) is 11.7. The SMILES string of the molecule is CC1=CC(=O)C23[C@@H]4C=C[C@H]5[C@H]4[C@H]4[C@H]2C=C[C@@H]4C153. The number of hydrogen-bond acceptors (Lipinski definition) is 1. The number of rotatable bonds is 0. The van der Waals surface area contributed by atoms with E-state index in [1.807, 2.05) is 6.08 Å². The van der Waals surface area contributed by atoms with E-state index in [9.17, 15) is 4.79 Å². The third-order valence-corrected chi connectivity index (χ3v) is 7.35. The minimum absolute atomic E-state index is 0.00868. The van der Waals surface area contributed by atoms with Crippen molar-refractivity contribution in [2.45, 2.75) is 6.92 Å². The lowest BCUT2D eigenvalue weighted by molar-refractivity contribution is -0.130. The molecule has 4 fully saturated rings. The van der Waals surface area contributed by atoms with Gasteiger partial charge in [0, 0.05) is 5.41 Å². The lowest BCUT2D eigenvalue weighted by Crippen LogP contribution is -2.49. The molecule has 0 saturated heterocycles. The van der Waals surface area contributed by atoms with Gasteiger partial charge in [-0.1, -0.05) is 29.9 Å². The minimum atomic E-state index is -0.00868. The van der Waals surface area contributed by atoms with Crippen LogP contribution in [0.4, 0.5) is 0 Å². The molecule has 17 heavy (non-hydrogen) atoms. The van der Waals surface area contributed by atoms with Crippen LogP contribution >= 0.6 is 0 Å². The molecule has 0 N–H and O–H groups in total. The second kappa shape index (κ2) is 1.81. The molecular weight excluding hydrogens is 208 g/mol. The number of hydrogen-bond donors (Lipinski definition) is 0. The number of ketones is 1. The zero-order chi connectivity index (χ0) is 11.2. The van der Waals surface area contributed by atoms with Gasteiger partial charge in [-0.05, 0) is 48.5 Å². The smallest absolute Gasteiger partial charge is 0.163 e. The fourth-order valence-corrected chi connectivity index (χ4v) is 7.59. The Morgan fingerprint density at radius 1 is 0.882 bits per heavy atom. The second-order valence-corrected chi connectivity index (χ2v) is 6.96. The molecule has 1 heteroatoms. The van der Waals surface area contributed by atoms with Crippen molar-refractivity contribution < 1.29 is 4.79 Å². The predicted molar refractivity (Wildman–Crippen MR) is 62.9 cm³/mol. The Balaban J connectivity index is 1.86. The van der Waals surface area contributed by atoms with E-state index >= 15 is 0 Å². The molecule has 7 aliphatic rings. The van der Waals surface area contributed by atoms with Crippen molar-refractivity contribution in [3.05, 3.63) is 36.0 Å². The molecule has 7 rings (SSSR count). The van der Waals surface area contributed by atoms with Crippen LogP contribution in [0, 0.1) is 46.3 Å². The van der Waals surface area contributed by atoms with E-state index in [2.05, 4.69) is 31.2 Å². The zero-order valence-corrected chi connectivity index (χ0v) is 9.76. The lowest BCUT2D eigenvalue weighted by Gasteiger charge is -2.48. The summed E-state index contributed by atoms with van der Waals surface area (Å²) in [5.41, 5.74) is 1.63. The highest BCUT2D eigenvalue weighted by Crippen LogP contribution is 2.92. The number of carbonyl (C=O) groups is 1. The van der Waals surface area contributed by atoms with Gasteiger partial charge in [0.15, 0.2) is 5.78 Å². The maximum absolute atomic E-state index is 12.7. The molecule has 6 atom stereocenters. The first-order valence-electron chi connectivity index (χ1n) is 6.85. The summed E-state index contributed by atoms with van der Waals surface area (Å²) in [5.74, 6) is 4.59.